The van der Waals surface area contributed by atoms with Crippen molar-refractivity contribution in [2.24, 2.45) is 5.92 Å². The van der Waals surface area contributed by atoms with Crippen molar-refractivity contribution in [3.8, 4) is 0 Å². The number of likely N-dealkylation sites (N-methyl/N-ethyl adjacent to an activating group) is 1. The second-order valence-corrected chi connectivity index (χ2v) is 7.71. The van der Waals surface area contributed by atoms with Crippen LogP contribution in [0.2, 0.25) is 5.28 Å². The first-order valence-electron chi connectivity index (χ1n) is 8.03. The Bertz CT molecular complexity index is 595. The maximum absolute atomic E-state index is 12.7. The molecule has 0 saturated heterocycles. The third kappa shape index (κ3) is 4.08. The number of rotatable bonds is 4. The molecule has 1 aliphatic carbocycles. The van der Waals surface area contributed by atoms with Crippen molar-refractivity contribution in [1.82, 2.24) is 15.3 Å². The Morgan fingerprint density at radius 2 is 2.00 bits per heavy atom. The van der Waals surface area contributed by atoms with E-state index in [-0.39, 0.29) is 22.6 Å². The summed E-state index contributed by atoms with van der Waals surface area (Å²) in [6, 6.07) is -0.412. The number of carbonyl (C=O) groups excluding carboxylic acids is 1. The molecule has 1 unspecified atom stereocenters. The van der Waals surface area contributed by atoms with Crippen LogP contribution in [0.1, 0.15) is 45.4 Å². The molecule has 0 fully saturated rings. The number of amides is 1. The first-order chi connectivity index (χ1) is 10.6. The Labute approximate surface area is 143 Å². The van der Waals surface area contributed by atoms with Crippen LogP contribution in [-0.4, -0.2) is 34.5 Å². The first-order valence-corrected chi connectivity index (χ1v) is 8.41. The van der Waals surface area contributed by atoms with Crippen LogP contribution in [0.3, 0.4) is 0 Å². The van der Waals surface area contributed by atoms with Crippen LogP contribution < -0.4 is 10.2 Å². The molecule has 1 aromatic rings. The van der Waals surface area contributed by atoms with Crippen molar-refractivity contribution >= 4 is 23.3 Å². The van der Waals surface area contributed by atoms with Gasteiger partial charge in [-0.15, -0.1) is 0 Å². The van der Waals surface area contributed by atoms with E-state index >= 15 is 0 Å². The van der Waals surface area contributed by atoms with Crippen LogP contribution in [0.5, 0.6) is 0 Å². The van der Waals surface area contributed by atoms with Gasteiger partial charge in [-0.3, -0.25) is 4.79 Å². The number of halogens is 1. The number of hydrogen-bond acceptors (Lipinski definition) is 4. The standard InChI is InChI=1S/C17H25ClN4O/c1-10(2)13(15(23)21-17(3,4)5)22(6)14-11-8-7-9-12(11)19-16(18)20-14/h10,13H,1,7-9H2,2-6H3/p+1/t10?,13-/m1/s1. The lowest BCUT2D eigenvalue weighted by Gasteiger charge is -2.32. The minimum absolute atomic E-state index is 0.0519. The van der Waals surface area contributed by atoms with Crippen molar-refractivity contribution in [3.63, 3.8) is 0 Å². The SMILES string of the molecule is [CH2+]C(C)[C@H](C(=O)NC(C)(C)C)N(C)c1nc(Cl)nc2c1CCC2. The largest absolute Gasteiger partial charge is 0.350 e. The molecule has 5 nitrogen and oxygen atoms in total. The molecule has 2 atom stereocenters. The van der Waals surface area contributed by atoms with Crippen molar-refractivity contribution in [2.75, 3.05) is 11.9 Å². The summed E-state index contributed by atoms with van der Waals surface area (Å²) in [6.07, 6.45) is 2.88. The molecule has 6 heteroatoms. The zero-order valence-electron chi connectivity index (χ0n) is 14.6. The van der Waals surface area contributed by atoms with Crippen molar-refractivity contribution in [2.45, 2.75) is 58.5 Å². The van der Waals surface area contributed by atoms with Gasteiger partial charge in [-0.2, -0.15) is 0 Å². The number of nitrogens with zero attached hydrogens (tertiary/aromatic N) is 3. The van der Waals surface area contributed by atoms with Gasteiger partial charge in [0.25, 0.3) is 0 Å². The lowest BCUT2D eigenvalue weighted by molar-refractivity contribution is -0.124. The predicted octanol–water partition coefficient (Wildman–Crippen LogP) is 2.81. The molecular weight excluding hydrogens is 312 g/mol. The van der Waals surface area contributed by atoms with Crippen LogP contribution in [-0.2, 0) is 17.6 Å². The average Bonchev–Trinajstić information content (AvgIpc) is 2.82. The lowest BCUT2D eigenvalue weighted by Crippen LogP contribution is -2.53. The van der Waals surface area contributed by atoms with Crippen molar-refractivity contribution in [1.29, 1.82) is 0 Å². The highest BCUT2D eigenvalue weighted by molar-refractivity contribution is 6.28. The molecule has 0 bridgehead atoms. The second kappa shape index (κ2) is 6.56. The van der Waals surface area contributed by atoms with E-state index in [1.165, 1.54) is 0 Å². The summed E-state index contributed by atoms with van der Waals surface area (Å²) >= 11 is 6.08. The normalized spacial score (nSPS) is 16.6. The van der Waals surface area contributed by atoms with Crippen LogP contribution in [0.25, 0.3) is 0 Å². The van der Waals surface area contributed by atoms with E-state index in [0.29, 0.717) is 0 Å². The summed E-state index contributed by atoms with van der Waals surface area (Å²) in [6.45, 7) is 11.9. The number of hydrogen-bond donors (Lipinski definition) is 1. The summed E-state index contributed by atoms with van der Waals surface area (Å²) in [5, 5.41) is 3.27. The Morgan fingerprint density at radius 1 is 1.35 bits per heavy atom. The molecule has 0 aliphatic heterocycles. The first kappa shape index (κ1) is 17.9. The topological polar surface area (TPSA) is 58.1 Å². The average molecular weight is 338 g/mol. The number of aryl methyl sites for hydroxylation is 1. The van der Waals surface area contributed by atoms with Gasteiger partial charge in [0.2, 0.25) is 11.2 Å². The van der Waals surface area contributed by atoms with Crippen LogP contribution in [0.15, 0.2) is 0 Å². The summed E-state index contributed by atoms with van der Waals surface area (Å²) in [5.74, 6) is 0.596. The highest BCUT2D eigenvalue weighted by Gasteiger charge is 2.35. The van der Waals surface area contributed by atoms with E-state index in [2.05, 4.69) is 22.2 Å². The highest BCUT2D eigenvalue weighted by atomic mass is 35.5. The smallest absolute Gasteiger partial charge is 0.247 e. The van der Waals surface area contributed by atoms with E-state index in [1.807, 2.05) is 39.6 Å². The van der Waals surface area contributed by atoms with Gasteiger partial charge in [0, 0.05) is 18.2 Å². The van der Waals surface area contributed by atoms with Gasteiger partial charge in [0.1, 0.15) is 11.7 Å². The number of fused-ring (bicyclic) bond motifs is 1. The van der Waals surface area contributed by atoms with Gasteiger partial charge in [0.15, 0.2) is 6.04 Å². The molecule has 126 valence electrons. The molecular formula is C17H26ClN4O+. The van der Waals surface area contributed by atoms with Gasteiger partial charge in [-0.25, -0.2) is 9.97 Å². The number of aromatic nitrogens is 2. The summed E-state index contributed by atoms with van der Waals surface area (Å²) in [7, 11) is 1.88. The lowest BCUT2D eigenvalue weighted by atomic mass is 9.99. The van der Waals surface area contributed by atoms with Gasteiger partial charge in [-0.05, 0) is 58.6 Å². The van der Waals surface area contributed by atoms with E-state index < -0.39 is 6.04 Å². The van der Waals surface area contributed by atoms with E-state index in [9.17, 15) is 4.79 Å². The Hall–Kier alpha value is -1.49. The summed E-state index contributed by atoms with van der Waals surface area (Å²) in [5.41, 5.74) is 1.81. The van der Waals surface area contributed by atoms with Gasteiger partial charge in [-0.1, -0.05) is 0 Å². The predicted molar refractivity (Wildman–Crippen MR) is 93.7 cm³/mol. The molecule has 1 heterocycles. The van der Waals surface area contributed by atoms with Crippen molar-refractivity contribution in [3.05, 3.63) is 23.5 Å². The fraction of sp³-hybridized carbons (Fsp3) is 0.647. The molecule has 0 radical (unpaired) electrons. The molecule has 1 amide bonds. The van der Waals surface area contributed by atoms with E-state index in [1.54, 1.807) is 0 Å². The van der Waals surface area contributed by atoms with Crippen molar-refractivity contribution < 1.29 is 4.79 Å². The zero-order chi connectivity index (χ0) is 17.4. The molecule has 0 saturated carbocycles. The molecule has 0 spiro atoms. The van der Waals surface area contributed by atoms with Crippen LogP contribution in [0.4, 0.5) is 5.82 Å². The van der Waals surface area contributed by atoms with Gasteiger partial charge < -0.3 is 10.2 Å². The summed E-state index contributed by atoms with van der Waals surface area (Å²) in [4.78, 5) is 23.3. The minimum atomic E-state index is -0.412. The molecule has 1 N–H and O–H groups in total. The fourth-order valence-electron chi connectivity index (χ4n) is 3.07. The zero-order valence-corrected chi connectivity index (χ0v) is 15.4. The second-order valence-electron chi connectivity index (χ2n) is 7.37. The molecule has 23 heavy (non-hydrogen) atoms. The third-order valence-electron chi connectivity index (χ3n) is 3.94. The Kier molecular flexibility index (Phi) is 5.09. The molecule has 1 aliphatic rings. The molecule has 1 aromatic heterocycles. The number of anilines is 1. The monoisotopic (exact) mass is 337 g/mol. The quantitative estimate of drug-likeness (QED) is 0.678. The third-order valence-corrected chi connectivity index (χ3v) is 4.11. The van der Waals surface area contributed by atoms with Crippen LogP contribution >= 0.6 is 11.6 Å². The van der Waals surface area contributed by atoms with E-state index in [0.717, 1.165) is 36.3 Å². The van der Waals surface area contributed by atoms with Crippen LogP contribution in [0, 0.1) is 12.8 Å². The number of carbonyl (C=O) groups is 1. The molecule has 2 rings (SSSR count). The van der Waals surface area contributed by atoms with Gasteiger partial charge >= 0.3 is 0 Å². The minimum Gasteiger partial charge on any atom is -0.350 e. The van der Waals surface area contributed by atoms with E-state index in [4.69, 9.17) is 11.6 Å². The molecule has 0 aromatic carbocycles. The number of nitrogens with one attached hydrogen (secondary N) is 1. The maximum atomic E-state index is 12.7. The highest BCUT2D eigenvalue weighted by Crippen LogP contribution is 2.31. The summed E-state index contributed by atoms with van der Waals surface area (Å²) < 4.78 is 0. The van der Waals surface area contributed by atoms with Gasteiger partial charge in [0.05, 0.1) is 12.6 Å². The maximum Gasteiger partial charge on any atom is 0.247 e. The Morgan fingerprint density at radius 3 is 2.57 bits per heavy atom. The fourth-order valence-corrected chi connectivity index (χ4v) is 3.25. The Balaban J connectivity index is 2.36.